The molecule has 0 aliphatic rings. The molecule has 1 aromatic rings. The Morgan fingerprint density at radius 1 is 1.29 bits per heavy atom. The van der Waals surface area contributed by atoms with E-state index in [0.717, 1.165) is 23.7 Å². The molecule has 0 aliphatic carbocycles. The molecule has 0 bridgehead atoms. The second kappa shape index (κ2) is 6.55. The number of hydrogen-bond acceptors (Lipinski definition) is 1. The summed E-state index contributed by atoms with van der Waals surface area (Å²) in [6.45, 7) is 0. The van der Waals surface area contributed by atoms with Crippen LogP contribution in [0.2, 0.25) is 0 Å². The van der Waals surface area contributed by atoms with Crippen molar-refractivity contribution in [2.75, 3.05) is 5.33 Å². The number of alkyl halides is 1. The van der Waals surface area contributed by atoms with E-state index in [-0.39, 0.29) is 5.78 Å². The van der Waals surface area contributed by atoms with Gasteiger partial charge in [0.05, 0.1) is 0 Å². The van der Waals surface area contributed by atoms with E-state index in [1.54, 1.807) is 6.08 Å². The highest BCUT2D eigenvalue weighted by atomic mass is 79.9. The van der Waals surface area contributed by atoms with Crippen LogP contribution in [0.1, 0.15) is 23.2 Å². The molecule has 0 spiro atoms. The van der Waals surface area contributed by atoms with E-state index in [1.807, 2.05) is 36.4 Å². The van der Waals surface area contributed by atoms with E-state index < -0.39 is 0 Å². The van der Waals surface area contributed by atoms with Crippen molar-refractivity contribution >= 4 is 21.7 Å². The smallest absolute Gasteiger partial charge is 0.185 e. The fourth-order valence-electron chi connectivity index (χ4n) is 1.08. The van der Waals surface area contributed by atoms with Crippen molar-refractivity contribution in [2.24, 2.45) is 0 Å². The predicted molar refractivity (Wildman–Crippen MR) is 62.9 cm³/mol. The first kappa shape index (κ1) is 11.2. The number of halogens is 1. The van der Waals surface area contributed by atoms with Crippen LogP contribution in [0.25, 0.3) is 0 Å². The quantitative estimate of drug-likeness (QED) is 0.339. The van der Waals surface area contributed by atoms with Gasteiger partial charge in [-0.3, -0.25) is 4.79 Å². The summed E-state index contributed by atoms with van der Waals surface area (Å²) in [5.41, 5.74) is 0.752. The molecule has 0 saturated heterocycles. The van der Waals surface area contributed by atoms with Crippen molar-refractivity contribution in [3.05, 3.63) is 48.0 Å². The van der Waals surface area contributed by atoms with Gasteiger partial charge >= 0.3 is 0 Å². The van der Waals surface area contributed by atoms with Crippen molar-refractivity contribution in [3.63, 3.8) is 0 Å². The molecular formula is C12H13BrO. The zero-order valence-corrected chi connectivity index (χ0v) is 9.53. The van der Waals surface area contributed by atoms with Gasteiger partial charge in [0.1, 0.15) is 0 Å². The van der Waals surface area contributed by atoms with Crippen LogP contribution in [0.15, 0.2) is 42.5 Å². The topological polar surface area (TPSA) is 17.1 Å². The Kier molecular flexibility index (Phi) is 5.23. The zero-order chi connectivity index (χ0) is 10.2. The fraction of sp³-hybridized carbons (Fsp3) is 0.250. The van der Waals surface area contributed by atoms with Gasteiger partial charge in [-0.15, -0.1) is 0 Å². The monoisotopic (exact) mass is 252 g/mol. The second-order valence-corrected chi connectivity index (χ2v) is 3.76. The van der Waals surface area contributed by atoms with E-state index in [9.17, 15) is 4.79 Å². The molecule has 0 radical (unpaired) electrons. The highest BCUT2D eigenvalue weighted by Crippen LogP contribution is 2.02. The van der Waals surface area contributed by atoms with Gasteiger partial charge in [-0.05, 0) is 18.9 Å². The molecule has 2 heteroatoms. The van der Waals surface area contributed by atoms with E-state index >= 15 is 0 Å². The minimum absolute atomic E-state index is 0.0835. The number of carbonyl (C=O) groups is 1. The summed E-state index contributed by atoms with van der Waals surface area (Å²) in [5, 5.41) is 0.983. The Bertz CT molecular complexity index is 303. The van der Waals surface area contributed by atoms with Crippen molar-refractivity contribution < 1.29 is 4.79 Å². The van der Waals surface area contributed by atoms with Crippen LogP contribution in [-0.4, -0.2) is 11.1 Å². The highest BCUT2D eigenvalue weighted by Gasteiger charge is 1.97. The van der Waals surface area contributed by atoms with Gasteiger partial charge in [-0.2, -0.15) is 0 Å². The highest BCUT2D eigenvalue weighted by molar-refractivity contribution is 9.09. The number of rotatable bonds is 5. The maximum Gasteiger partial charge on any atom is 0.185 e. The first-order valence-corrected chi connectivity index (χ1v) is 5.78. The summed E-state index contributed by atoms with van der Waals surface area (Å²) >= 11 is 3.34. The molecule has 1 aromatic carbocycles. The van der Waals surface area contributed by atoms with Crippen LogP contribution in [0.5, 0.6) is 0 Å². The average Bonchev–Trinajstić information content (AvgIpc) is 2.25. The third-order valence-electron chi connectivity index (χ3n) is 1.83. The van der Waals surface area contributed by atoms with Gasteiger partial charge in [-0.25, -0.2) is 0 Å². The summed E-state index contributed by atoms with van der Waals surface area (Å²) in [4.78, 5) is 11.5. The van der Waals surface area contributed by atoms with Gasteiger partial charge in [0.2, 0.25) is 0 Å². The van der Waals surface area contributed by atoms with Gasteiger partial charge in [0.25, 0.3) is 0 Å². The summed E-state index contributed by atoms with van der Waals surface area (Å²) in [6, 6.07) is 9.32. The summed E-state index contributed by atoms with van der Waals surface area (Å²) in [5.74, 6) is 0.0835. The third-order valence-corrected chi connectivity index (χ3v) is 2.39. The lowest BCUT2D eigenvalue weighted by molar-refractivity contribution is 0.104. The van der Waals surface area contributed by atoms with Crippen LogP contribution >= 0.6 is 15.9 Å². The molecule has 0 unspecified atom stereocenters. The minimum atomic E-state index is 0.0835. The number of unbranched alkanes of at least 4 members (excludes halogenated alkanes) is 1. The van der Waals surface area contributed by atoms with Crippen molar-refractivity contribution in [1.29, 1.82) is 0 Å². The van der Waals surface area contributed by atoms with E-state index in [2.05, 4.69) is 15.9 Å². The van der Waals surface area contributed by atoms with Gasteiger partial charge in [-0.1, -0.05) is 52.3 Å². The lowest BCUT2D eigenvalue weighted by Gasteiger charge is -1.93. The van der Waals surface area contributed by atoms with Crippen LogP contribution < -0.4 is 0 Å². The molecule has 0 aliphatic heterocycles. The van der Waals surface area contributed by atoms with E-state index in [0.29, 0.717) is 0 Å². The standard InChI is InChI=1S/C12H13BrO/c13-10-6-2-5-9-12(14)11-7-3-1-4-8-11/h1,3-5,7-9H,2,6,10H2. The fourth-order valence-corrected chi connectivity index (χ4v) is 1.41. The van der Waals surface area contributed by atoms with Crippen molar-refractivity contribution in [2.45, 2.75) is 12.8 Å². The molecule has 1 rings (SSSR count). The molecular weight excluding hydrogens is 240 g/mol. The SMILES string of the molecule is O=C(C=CCCCBr)c1ccccc1. The van der Waals surface area contributed by atoms with Crippen LogP contribution in [-0.2, 0) is 0 Å². The molecule has 0 amide bonds. The van der Waals surface area contributed by atoms with Gasteiger partial charge in [0.15, 0.2) is 5.78 Å². The molecule has 0 atom stereocenters. The summed E-state index contributed by atoms with van der Waals surface area (Å²) < 4.78 is 0. The lowest BCUT2D eigenvalue weighted by atomic mass is 10.1. The normalized spacial score (nSPS) is 10.6. The molecule has 0 aromatic heterocycles. The number of benzene rings is 1. The Labute approximate surface area is 93.0 Å². The third kappa shape index (κ3) is 3.88. The number of hydrogen-bond donors (Lipinski definition) is 0. The molecule has 0 heterocycles. The number of allylic oxidation sites excluding steroid dienone is 2. The largest absolute Gasteiger partial charge is 0.289 e. The number of carbonyl (C=O) groups excluding carboxylic acids is 1. The van der Waals surface area contributed by atoms with Crippen molar-refractivity contribution in [1.82, 2.24) is 0 Å². The first-order chi connectivity index (χ1) is 6.84. The summed E-state index contributed by atoms with van der Waals surface area (Å²) in [6.07, 6.45) is 5.59. The maximum atomic E-state index is 11.5. The minimum Gasteiger partial charge on any atom is -0.289 e. The average molecular weight is 253 g/mol. The molecule has 0 N–H and O–H groups in total. The van der Waals surface area contributed by atoms with E-state index in [4.69, 9.17) is 0 Å². The van der Waals surface area contributed by atoms with Gasteiger partial charge < -0.3 is 0 Å². The zero-order valence-electron chi connectivity index (χ0n) is 7.95. The number of ketones is 1. The molecule has 0 fully saturated rings. The second-order valence-electron chi connectivity index (χ2n) is 2.96. The molecule has 74 valence electrons. The van der Waals surface area contributed by atoms with Crippen LogP contribution in [0.4, 0.5) is 0 Å². The Morgan fingerprint density at radius 3 is 2.64 bits per heavy atom. The Morgan fingerprint density at radius 2 is 2.00 bits per heavy atom. The molecule has 14 heavy (non-hydrogen) atoms. The maximum absolute atomic E-state index is 11.5. The first-order valence-electron chi connectivity index (χ1n) is 4.66. The van der Waals surface area contributed by atoms with E-state index in [1.165, 1.54) is 0 Å². The lowest BCUT2D eigenvalue weighted by Crippen LogP contribution is -1.92. The van der Waals surface area contributed by atoms with Gasteiger partial charge in [0, 0.05) is 10.9 Å². The Balaban J connectivity index is 2.47. The molecule has 0 saturated carbocycles. The van der Waals surface area contributed by atoms with Crippen molar-refractivity contribution in [3.8, 4) is 0 Å². The molecule has 1 nitrogen and oxygen atoms in total. The van der Waals surface area contributed by atoms with Crippen LogP contribution in [0.3, 0.4) is 0 Å². The summed E-state index contributed by atoms with van der Waals surface area (Å²) in [7, 11) is 0. The Hall–Kier alpha value is -0.890. The predicted octanol–water partition coefficient (Wildman–Crippen LogP) is 3.60. The van der Waals surface area contributed by atoms with Crippen LogP contribution in [0, 0.1) is 0 Å².